The predicted octanol–water partition coefficient (Wildman–Crippen LogP) is 3.64. The highest BCUT2D eigenvalue weighted by Crippen LogP contribution is 2.39. The van der Waals surface area contributed by atoms with E-state index in [9.17, 15) is 23.5 Å². The number of nitrogens with two attached hydrogens (primary N) is 1. The van der Waals surface area contributed by atoms with Gasteiger partial charge in [0, 0.05) is 31.4 Å². The largest absolute Gasteiger partial charge is 0.387 e. The first-order chi connectivity index (χ1) is 18.4. The van der Waals surface area contributed by atoms with Crippen molar-refractivity contribution in [2.75, 3.05) is 19.7 Å². The molecule has 39 heavy (non-hydrogen) atoms. The van der Waals surface area contributed by atoms with Gasteiger partial charge >= 0.3 is 0 Å². The van der Waals surface area contributed by atoms with E-state index >= 15 is 0 Å². The van der Waals surface area contributed by atoms with E-state index in [1.807, 2.05) is 55.7 Å². The van der Waals surface area contributed by atoms with E-state index in [2.05, 4.69) is 5.32 Å². The molecule has 0 aliphatic heterocycles. The summed E-state index contributed by atoms with van der Waals surface area (Å²) in [5.74, 6) is -1.56. The minimum atomic E-state index is -0.719. The predicted molar refractivity (Wildman–Crippen MR) is 145 cm³/mol. The second-order valence-electron chi connectivity index (χ2n) is 10.7. The molecule has 0 spiro atoms. The van der Waals surface area contributed by atoms with Crippen LogP contribution in [0.4, 0.5) is 8.78 Å². The zero-order valence-corrected chi connectivity index (χ0v) is 22.8. The molecule has 0 fully saturated rings. The molecule has 1 heterocycles. The number of hydrogen-bond donors (Lipinski definition) is 3. The Bertz CT molecular complexity index is 1270. The molecule has 1 aromatic heterocycles. The summed E-state index contributed by atoms with van der Waals surface area (Å²) in [4.78, 5) is 31.2. The van der Waals surface area contributed by atoms with Crippen LogP contribution in [-0.4, -0.2) is 57.1 Å². The fourth-order valence-corrected chi connectivity index (χ4v) is 4.48. The van der Waals surface area contributed by atoms with Gasteiger partial charge < -0.3 is 25.6 Å². The first kappa shape index (κ1) is 29.9. The normalized spacial score (nSPS) is 13.1. The number of aliphatic hydroxyl groups is 1. The van der Waals surface area contributed by atoms with Crippen molar-refractivity contribution in [2.24, 2.45) is 11.1 Å². The third-order valence-corrected chi connectivity index (χ3v) is 6.33. The number of hydrogen-bond acceptors (Lipinski definition) is 5. The molecule has 3 aromatic rings. The van der Waals surface area contributed by atoms with Crippen LogP contribution in [0.1, 0.15) is 51.5 Å². The van der Waals surface area contributed by atoms with E-state index in [-0.39, 0.29) is 30.3 Å². The molecule has 0 aliphatic carbocycles. The molecule has 210 valence electrons. The second-order valence-corrected chi connectivity index (χ2v) is 10.7. The summed E-state index contributed by atoms with van der Waals surface area (Å²) in [6.07, 6.45) is 2.06. The Kier molecular flexibility index (Phi) is 9.93. The summed E-state index contributed by atoms with van der Waals surface area (Å²) in [6.45, 7) is 7.55. The Labute approximate surface area is 227 Å². The molecule has 0 unspecified atom stereocenters. The molecule has 8 nitrogen and oxygen atoms in total. The SMILES string of the molecule is C[C@H](N)C(=O)NCCCN(C(=O)CO)[C@@H](c1nc(-c2cc(F)ccc2F)cn1Cc1ccccc1)C(C)(C)C. The number of aromatic nitrogens is 2. The van der Waals surface area contributed by atoms with Crippen LogP contribution in [0, 0.1) is 17.0 Å². The lowest BCUT2D eigenvalue weighted by Gasteiger charge is -2.40. The number of rotatable bonds is 11. The maximum absolute atomic E-state index is 14.8. The van der Waals surface area contributed by atoms with Crippen LogP contribution in [0.3, 0.4) is 0 Å². The van der Waals surface area contributed by atoms with Crippen molar-refractivity contribution in [2.45, 2.75) is 52.7 Å². The maximum atomic E-state index is 14.8. The lowest BCUT2D eigenvalue weighted by Crippen LogP contribution is -2.45. The number of nitrogens with zero attached hydrogens (tertiary/aromatic N) is 3. The summed E-state index contributed by atoms with van der Waals surface area (Å²) >= 11 is 0. The molecule has 4 N–H and O–H groups in total. The van der Waals surface area contributed by atoms with Gasteiger partial charge in [-0.25, -0.2) is 13.8 Å². The molecule has 0 saturated heterocycles. The van der Waals surface area contributed by atoms with Crippen molar-refractivity contribution >= 4 is 11.8 Å². The van der Waals surface area contributed by atoms with Gasteiger partial charge in [-0.15, -0.1) is 0 Å². The van der Waals surface area contributed by atoms with Crippen LogP contribution < -0.4 is 11.1 Å². The molecule has 0 saturated carbocycles. The number of halogens is 2. The Hall–Kier alpha value is -3.63. The van der Waals surface area contributed by atoms with E-state index in [0.717, 1.165) is 23.8 Å². The summed E-state index contributed by atoms with van der Waals surface area (Å²) in [7, 11) is 0. The smallest absolute Gasteiger partial charge is 0.248 e. The lowest BCUT2D eigenvalue weighted by molar-refractivity contribution is -0.139. The van der Waals surface area contributed by atoms with Crippen molar-refractivity contribution in [3.05, 3.63) is 77.8 Å². The number of amides is 2. The fourth-order valence-electron chi connectivity index (χ4n) is 4.48. The van der Waals surface area contributed by atoms with Crippen molar-refractivity contribution in [1.29, 1.82) is 0 Å². The number of imidazole rings is 1. The summed E-state index contributed by atoms with van der Waals surface area (Å²) in [6, 6.07) is 11.5. The topological polar surface area (TPSA) is 113 Å². The first-order valence-corrected chi connectivity index (χ1v) is 12.9. The van der Waals surface area contributed by atoms with Crippen LogP contribution in [0.2, 0.25) is 0 Å². The summed E-state index contributed by atoms with van der Waals surface area (Å²) < 4.78 is 30.7. The minimum absolute atomic E-state index is 0.00868. The van der Waals surface area contributed by atoms with E-state index < -0.39 is 41.6 Å². The monoisotopic (exact) mass is 541 g/mol. The molecular weight excluding hydrogens is 504 g/mol. The van der Waals surface area contributed by atoms with Crippen LogP contribution >= 0.6 is 0 Å². The standard InChI is InChI=1S/C29H37F2N5O3/c1-19(32)28(39)33-13-8-14-36(25(38)18-37)26(29(2,3)4)27-34-24(22-15-21(30)11-12-23(22)31)17-35(27)16-20-9-6-5-7-10-20/h5-7,9-12,15,17,19,26,37H,8,13-14,16,18,32H2,1-4H3,(H,33,39)/t19-,26-/m0/s1. The van der Waals surface area contributed by atoms with Crippen LogP contribution in [0.25, 0.3) is 11.3 Å². The van der Waals surface area contributed by atoms with Crippen molar-refractivity contribution < 1.29 is 23.5 Å². The minimum Gasteiger partial charge on any atom is -0.387 e. The summed E-state index contributed by atoms with van der Waals surface area (Å²) in [5.41, 5.74) is 6.23. The number of benzene rings is 2. The Morgan fingerprint density at radius 2 is 1.85 bits per heavy atom. The molecule has 0 bridgehead atoms. The molecule has 0 aliphatic rings. The van der Waals surface area contributed by atoms with Crippen LogP contribution in [0.5, 0.6) is 0 Å². The highest BCUT2D eigenvalue weighted by atomic mass is 19.1. The maximum Gasteiger partial charge on any atom is 0.248 e. The average molecular weight is 542 g/mol. The Morgan fingerprint density at radius 1 is 1.15 bits per heavy atom. The zero-order valence-electron chi connectivity index (χ0n) is 22.8. The Balaban J connectivity index is 2.08. The third kappa shape index (κ3) is 7.70. The molecule has 2 amide bonds. The van der Waals surface area contributed by atoms with Gasteiger partial charge in [0.15, 0.2) is 0 Å². The van der Waals surface area contributed by atoms with Crippen LogP contribution in [0.15, 0.2) is 54.7 Å². The first-order valence-electron chi connectivity index (χ1n) is 12.9. The van der Waals surface area contributed by atoms with Gasteiger partial charge in [0.2, 0.25) is 11.8 Å². The van der Waals surface area contributed by atoms with Gasteiger partial charge in [0.1, 0.15) is 24.1 Å². The highest BCUT2D eigenvalue weighted by molar-refractivity contribution is 5.81. The molecule has 3 rings (SSSR count). The number of carbonyl (C=O) groups is 2. The molecule has 10 heteroatoms. The van der Waals surface area contributed by atoms with Crippen molar-refractivity contribution in [3.8, 4) is 11.3 Å². The van der Waals surface area contributed by atoms with Crippen LogP contribution in [-0.2, 0) is 16.1 Å². The Morgan fingerprint density at radius 3 is 2.46 bits per heavy atom. The quantitative estimate of drug-likeness (QED) is 0.321. The highest BCUT2D eigenvalue weighted by Gasteiger charge is 2.38. The van der Waals surface area contributed by atoms with Gasteiger partial charge in [0.25, 0.3) is 0 Å². The second kappa shape index (κ2) is 12.9. The van der Waals surface area contributed by atoms with Gasteiger partial charge in [-0.05, 0) is 42.5 Å². The molecule has 2 aromatic carbocycles. The van der Waals surface area contributed by atoms with Gasteiger partial charge in [-0.2, -0.15) is 0 Å². The van der Waals surface area contributed by atoms with E-state index in [4.69, 9.17) is 10.7 Å². The fraction of sp³-hybridized carbons (Fsp3) is 0.414. The molecule has 2 atom stereocenters. The third-order valence-electron chi connectivity index (χ3n) is 6.33. The molecule has 0 radical (unpaired) electrons. The van der Waals surface area contributed by atoms with Crippen molar-refractivity contribution in [1.82, 2.24) is 19.8 Å². The number of carbonyl (C=O) groups excluding carboxylic acids is 2. The van der Waals surface area contributed by atoms with E-state index in [1.54, 1.807) is 13.1 Å². The van der Waals surface area contributed by atoms with Gasteiger partial charge in [-0.3, -0.25) is 9.59 Å². The van der Waals surface area contributed by atoms with Crippen molar-refractivity contribution in [3.63, 3.8) is 0 Å². The average Bonchev–Trinajstić information content (AvgIpc) is 3.28. The van der Waals surface area contributed by atoms with E-state index in [1.165, 1.54) is 4.90 Å². The van der Waals surface area contributed by atoms with E-state index in [0.29, 0.717) is 18.8 Å². The zero-order chi connectivity index (χ0) is 28.7. The summed E-state index contributed by atoms with van der Waals surface area (Å²) in [5, 5.41) is 12.6. The molecular formula is C29H37F2N5O3. The van der Waals surface area contributed by atoms with Gasteiger partial charge in [-0.1, -0.05) is 51.1 Å². The lowest BCUT2D eigenvalue weighted by atomic mass is 9.84. The number of nitrogens with one attached hydrogen (secondary N) is 1. The number of aliphatic hydroxyl groups excluding tert-OH is 1. The van der Waals surface area contributed by atoms with Gasteiger partial charge in [0.05, 0.1) is 17.8 Å².